The zero-order valence-corrected chi connectivity index (χ0v) is 10.7. The van der Waals surface area contributed by atoms with E-state index in [-0.39, 0.29) is 6.10 Å². The normalized spacial score (nSPS) is 10.8. The Labute approximate surface area is 98.2 Å². The van der Waals surface area contributed by atoms with Gasteiger partial charge in [-0.15, -0.1) is 0 Å². The molecule has 0 aromatic carbocycles. The minimum absolute atomic E-state index is 0.173. The van der Waals surface area contributed by atoms with Crippen molar-refractivity contribution in [1.29, 1.82) is 0 Å². The van der Waals surface area contributed by atoms with Gasteiger partial charge in [0.2, 0.25) is 5.88 Å². The highest BCUT2D eigenvalue weighted by atomic mass is 16.5. The third-order valence-electron chi connectivity index (χ3n) is 2.16. The van der Waals surface area contributed by atoms with Crippen molar-refractivity contribution in [3.05, 3.63) is 23.4 Å². The Balaban J connectivity index is 2.88. The van der Waals surface area contributed by atoms with Gasteiger partial charge in [-0.05, 0) is 38.9 Å². The van der Waals surface area contributed by atoms with Gasteiger partial charge in [0, 0.05) is 18.3 Å². The minimum atomic E-state index is 0.173. The number of pyridine rings is 1. The van der Waals surface area contributed by atoms with Crippen molar-refractivity contribution in [3.63, 3.8) is 0 Å². The maximum absolute atomic E-state index is 5.65. The van der Waals surface area contributed by atoms with E-state index < -0.39 is 0 Å². The number of hydrogen-bond donors (Lipinski definition) is 1. The molecule has 1 N–H and O–H groups in total. The number of aromatic nitrogens is 1. The van der Waals surface area contributed by atoms with Crippen molar-refractivity contribution in [2.75, 3.05) is 7.05 Å². The monoisotopic (exact) mass is 222 g/mol. The van der Waals surface area contributed by atoms with E-state index in [0.29, 0.717) is 0 Å². The van der Waals surface area contributed by atoms with Gasteiger partial charge in [0.15, 0.2) is 0 Å². The molecule has 90 valence electrons. The minimum Gasteiger partial charge on any atom is -0.475 e. The molecule has 0 unspecified atom stereocenters. The number of nitrogens with zero attached hydrogens (tertiary/aromatic N) is 1. The highest BCUT2D eigenvalue weighted by Gasteiger charge is 2.04. The Morgan fingerprint density at radius 3 is 2.69 bits per heavy atom. The second kappa shape index (κ2) is 6.48. The zero-order valence-electron chi connectivity index (χ0n) is 10.7. The number of rotatable bonds is 6. The SMILES string of the molecule is CCCc1cc(CNC)cc(OC(C)C)n1. The maximum atomic E-state index is 5.65. The lowest BCUT2D eigenvalue weighted by atomic mass is 10.1. The van der Waals surface area contributed by atoms with Gasteiger partial charge in [0.1, 0.15) is 0 Å². The highest BCUT2D eigenvalue weighted by molar-refractivity contribution is 5.25. The predicted molar refractivity (Wildman–Crippen MR) is 66.8 cm³/mol. The number of nitrogens with one attached hydrogen (secondary N) is 1. The van der Waals surface area contributed by atoms with Crippen molar-refractivity contribution in [2.45, 2.75) is 46.3 Å². The summed E-state index contributed by atoms with van der Waals surface area (Å²) in [6.45, 7) is 7.06. The Hall–Kier alpha value is -1.09. The molecule has 0 amide bonds. The van der Waals surface area contributed by atoms with Crippen LogP contribution in [0.3, 0.4) is 0 Å². The van der Waals surface area contributed by atoms with E-state index in [0.717, 1.165) is 31.0 Å². The van der Waals surface area contributed by atoms with Gasteiger partial charge >= 0.3 is 0 Å². The van der Waals surface area contributed by atoms with E-state index in [2.05, 4.69) is 23.3 Å². The first kappa shape index (κ1) is 13.0. The molecule has 0 atom stereocenters. The fourth-order valence-corrected chi connectivity index (χ4v) is 1.61. The second-order valence-corrected chi connectivity index (χ2v) is 4.25. The van der Waals surface area contributed by atoms with Crippen LogP contribution in [0.4, 0.5) is 0 Å². The largest absolute Gasteiger partial charge is 0.475 e. The summed E-state index contributed by atoms with van der Waals surface area (Å²) < 4.78 is 5.65. The molecule has 3 nitrogen and oxygen atoms in total. The van der Waals surface area contributed by atoms with E-state index in [1.54, 1.807) is 0 Å². The van der Waals surface area contributed by atoms with E-state index in [4.69, 9.17) is 4.74 Å². The Morgan fingerprint density at radius 1 is 1.38 bits per heavy atom. The third-order valence-corrected chi connectivity index (χ3v) is 2.16. The Kier molecular flexibility index (Phi) is 5.26. The molecule has 0 aliphatic rings. The van der Waals surface area contributed by atoms with Crippen LogP contribution in [0, 0.1) is 0 Å². The van der Waals surface area contributed by atoms with E-state index in [9.17, 15) is 0 Å². The van der Waals surface area contributed by atoms with E-state index in [1.165, 1.54) is 5.56 Å². The molecule has 1 aromatic rings. The summed E-state index contributed by atoms with van der Waals surface area (Å²) in [5, 5.41) is 3.15. The van der Waals surface area contributed by atoms with Crippen LogP contribution in [0.25, 0.3) is 0 Å². The van der Waals surface area contributed by atoms with E-state index >= 15 is 0 Å². The molecular weight excluding hydrogens is 200 g/mol. The molecule has 0 fully saturated rings. The van der Waals surface area contributed by atoms with Crippen molar-refractivity contribution < 1.29 is 4.74 Å². The molecular formula is C13H22N2O. The quantitative estimate of drug-likeness (QED) is 0.803. The summed E-state index contributed by atoms with van der Waals surface area (Å²) in [6.07, 6.45) is 2.29. The first-order valence-electron chi connectivity index (χ1n) is 5.96. The standard InChI is InChI=1S/C13H22N2O/c1-5-6-12-7-11(9-14-4)8-13(15-12)16-10(2)3/h7-8,10,14H,5-6,9H2,1-4H3. The van der Waals surface area contributed by atoms with E-state index in [1.807, 2.05) is 27.0 Å². The summed E-state index contributed by atoms with van der Waals surface area (Å²) in [5.74, 6) is 0.742. The molecule has 1 rings (SSSR count). The van der Waals surface area contributed by atoms with Gasteiger partial charge in [0.05, 0.1) is 6.10 Å². The van der Waals surface area contributed by atoms with Crippen LogP contribution in [0.1, 0.15) is 38.4 Å². The van der Waals surface area contributed by atoms with Crippen LogP contribution in [0.2, 0.25) is 0 Å². The Morgan fingerprint density at radius 2 is 2.12 bits per heavy atom. The van der Waals surface area contributed by atoms with Gasteiger partial charge in [0.25, 0.3) is 0 Å². The highest BCUT2D eigenvalue weighted by Crippen LogP contribution is 2.15. The van der Waals surface area contributed by atoms with Gasteiger partial charge in [-0.25, -0.2) is 4.98 Å². The van der Waals surface area contributed by atoms with Gasteiger partial charge in [-0.2, -0.15) is 0 Å². The number of ether oxygens (including phenoxy) is 1. The summed E-state index contributed by atoms with van der Waals surface area (Å²) in [5.41, 5.74) is 2.35. The molecule has 1 heterocycles. The molecule has 16 heavy (non-hydrogen) atoms. The first-order chi connectivity index (χ1) is 7.65. The molecule has 1 aromatic heterocycles. The van der Waals surface area contributed by atoms with Crippen LogP contribution in [0.15, 0.2) is 12.1 Å². The Bertz CT molecular complexity index is 299. The molecule has 0 aliphatic carbocycles. The van der Waals surface area contributed by atoms with Crippen LogP contribution in [-0.2, 0) is 13.0 Å². The average molecular weight is 222 g/mol. The van der Waals surface area contributed by atoms with Crippen molar-refractivity contribution >= 4 is 0 Å². The summed E-state index contributed by atoms with van der Waals surface area (Å²) in [6, 6.07) is 4.16. The molecule has 0 spiro atoms. The molecule has 3 heteroatoms. The second-order valence-electron chi connectivity index (χ2n) is 4.25. The molecule has 0 saturated heterocycles. The average Bonchev–Trinajstić information content (AvgIpc) is 2.17. The maximum Gasteiger partial charge on any atom is 0.214 e. The van der Waals surface area contributed by atoms with Crippen molar-refractivity contribution in [1.82, 2.24) is 10.3 Å². The fraction of sp³-hybridized carbons (Fsp3) is 0.615. The lowest BCUT2D eigenvalue weighted by Crippen LogP contribution is -2.10. The van der Waals surface area contributed by atoms with Crippen LogP contribution in [0.5, 0.6) is 5.88 Å². The molecule has 0 saturated carbocycles. The third kappa shape index (κ3) is 4.19. The van der Waals surface area contributed by atoms with Crippen molar-refractivity contribution in [2.24, 2.45) is 0 Å². The van der Waals surface area contributed by atoms with Crippen LogP contribution >= 0.6 is 0 Å². The van der Waals surface area contributed by atoms with Crippen molar-refractivity contribution in [3.8, 4) is 5.88 Å². The summed E-state index contributed by atoms with van der Waals surface area (Å²) in [7, 11) is 1.95. The lowest BCUT2D eigenvalue weighted by molar-refractivity contribution is 0.231. The molecule has 0 radical (unpaired) electrons. The number of hydrogen-bond acceptors (Lipinski definition) is 3. The topological polar surface area (TPSA) is 34.1 Å². The molecule has 0 bridgehead atoms. The molecule has 0 aliphatic heterocycles. The smallest absolute Gasteiger partial charge is 0.214 e. The van der Waals surface area contributed by atoms with Crippen LogP contribution < -0.4 is 10.1 Å². The van der Waals surface area contributed by atoms with Gasteiger partial charge in [-0.3, -0.25) is 0 Å². The van der Waals surface area contributed by atoms with Crippen LogP contribution in [-0.4, -0.2) is 18.1 Å². The summed E-state index contributed by atoms with van der Waals surface area (Å²) in [4.78, 5) is 4.50. The number of aryl methyl sites for hydroxylation is 1. The predicted octanol–water partition coefficient (Wildman–Crippen LogP) is 2.54. The zero-order chi connectivity index (χ0) is 12.0. The first-order valence-corrected chi connectivity index (χ1v) is 5.96. The lowest BCUT2D eigenvalue weighted by Gasteiger charge is -2.12. The van der Waals surface area contributed by atoms with Gasteiger partial charge < -0.3 is 10.1 Å². The van der Waals surface area contributed by atoms with Gasteiger partial charge in [-0.1, -0.05) is 13.3 Å². The summed E-state index contributed by atoms with van der Waals surface area (Å²) >= 11 is 0. The fourth-order valence-electron chi connectivity index (χ4n) is 1.61.